The highest BCUT2D eigenvalue weighted by atomic mass is 16.5. The lowest BCUT2D eigenvalue weighted by atomic mass is 10.1. The van der Waals surface area contributed by atoms with E-state index in [0.29, 0.717) is 0 Å². The second kappa shape index (κ2) is 6.91. The number of ether oxygens (including phenoxy) is 1. The zero-order valence-corrected chi connectivity index (χ0v) is 12.3. The molecule has 0 bridgehead atoms. The fourth-order valence-corrected chi connectivity index (χ4v) is 2.92. The van der Waals surface area contributed by atoms with Crippen molar-refractivity contribution in [3.63, 3.8) is 0 Å². The van der Waals surface area contributed by atoms with E-state index in [4.69, 9.17) is 4.74 Å². The molecule has 2 N–H and O–H groups in total. The average molecular weight is 289 g/mol. The number of benzene rings is 1. The number of carbonyl (C=O) groups excluding carboxylic acids is 1. The first-order valence-corrected chi connectivity index (χ1v) is 7.75. The standard InChI is InChI=1S/C16H23N3O2/c20-16(15-12-13-4-1-2-5-14(13)18-15)17-6-3-7-19-8-10-21-11-9-19/h1-2,4-5,15,18H,3,6-12H2,(H,17,20)/t15-/m0/s1. The van der Waals surface area contributed by atoms with Crippen molar-refractivity contribution in [2.45, 2.75) is 18.9 Å². The van der Waals surface area contributed by atoms with Crippen LogP contribution in [-0.4, -0.2) is 56.2 Å². The van der Waals surface area contributed by atoms with Crippen molar-refractivity contribution >= 4 is 11.6 Å². The summed E-state index contributed by atoms with van der Waals surface area (Å²) in [4.78, 5) is 14.5. The van der Waals surface area contributed by atoms with Crippen LogP contribution in [0.3, 0.4) is 0 Å². The second-order valence-corrected chi connectivity index (χ2v) is 5.66. The van der Waals surface area contributed by atoms with Crippen molar-refractivity contribution in [2.24, 2.45) is 0 Å². The third-order valence-electron chi connectivity index (χ3n) is 4.14. The van der Waals surface area contributed by atoms with Gasteiger partial charge in [-0.2, -0.15) is 0 Å². The van der Waals surface area contributed by atoms with Crippen LogP contribution < -0.4 is 10.6 Å². The summed E-state index contributed by atoms with van der Waals surface area (Å²) < 4.78 is 5.32. The number of fused-ring (bicyclic) bond motifs is 1. The van der Waals surface area contributed by atoms with E-state index in [9.17, 15) is 4.79 Å². The fourth-order valence-electron chi connectivity index (χ4n) is 2.92. The molecule has 2 heterocycles. The molecule has 0 unspecified atom stereocenters. The van der Waals surface area contributed by atoms with E-state index >= 15 is 0 Å². The zero-order chi connectivity index (χ0) is 14.5. The number of carbonyl (C=O) groups is 1. The van der Waals surface area contributed by atoms with E-state index in [1.54, 1.807) is 0 Å². The normalized spacial score (nSPS) is 21.6. The number of hydrogen-bond acceptors (Lipinski definition) is 4. The summed E-state index contributed by atoms with van der Waals surface area (Å²) in [7, 11) is 0. The zero-order valence-electron chi connectivity index (χ0n) is 12.3. The first-order chi connectivity index (χ1) is 10.3. The lowest BCUT2D eigenvalue weighted by molar-refractivity contribution is -0.121. The minimum Gasteiger partial charge on any atom is -0.379 e. The quantitative estimate of drug-likeness (QED) is 0.790. The number of hydrogen-bond donors (Lipinski definition) is 2. The van der Waals surface area contributed by atoms with Crippen LogP contribution in [-0.2, 0) is 16.0 Å². The molecule has 0 saturated carbocycles. The third kappa shape index (κ3) is 3.74. The minimum atomic E-state index is -0.120. The number of para-hydroxylation sites is 1. The fraction of sp³-hybridized carbons (Fsp3) is 0.562. The second-order valence-electron chi connectivity index (χ2n) is 5.66. The molecule has 0 aromatic heterocycles. The van der Waals surface area contributed by atoms with E-state index in [1.807, 2.05) is 18.2 Å². The lowest BCUT2D eigenvalue weighted by Crippen LogP contribution is -2.41. The Balaban J connectivity index is 1.36. The number of nitrogens with zero attached hydrogens (tertiary/aromatic N) is 1. The van der Waals surface area contributed by atoms with Crippen molar-refractivity contribution < 1.29 is 9.53 Å². The van der Waals surface area contributed by atoms with Gasteiger partial charge in [-0.25, -0.2) is 0 Å². The van der Waals surface area contributed by atoms with Gasteiger partial charge < -0.3 is 15.4 Å². The Hall–Kier alpha value is -1.59. The van der Waals surface area contributed by atoms with Gasteiger partial charge in [0, 0.05) is 31.7 Å². The van der Waals surface area contributed by atoms with Gasteiger partial charge in [-0.15, -0.1) is 0 Å². The Morgan fingerprint density at radius 1 is 1.33 bits per heavy atom. The molecular weight excluding hydrogens is 266 g/mol. The highest BCUT2D eigenvalue weighted by Gasteiger charge is 2.25. The number of rotatable bonds is 5. The molecule has 3 rings (SSSR count). The molecule has 5 nitrogen and oxygen atoms in total. The molecule has 1 amide bonds. The van der Waals surface area contributed by atoms with Crippen molar-refractivity contribution in [3.8, 4) is 0 Å². The molecule has 0 radical (unpaired) electrons. The van der Waals surface area contributed by atoms with Gasteiger partial charge in [-0.3, -0.25) is 9.69 Å². The number of nitrogens with one attached hydrogen (secondary N) is 2. The molecule has 0 spiro atoms. The summed E-state index contributed by atoms with van der Waals surface area (Å²) in [5.41, 5.74) is 2.32. The Morgan fingerprint density at radius 2 is 2.14 bits per heavy atom. The smallest absolute Gasteiger partial charge is 0.242 e. The van der Waals surface area contributed by atoms with Gasteiger partial charge in [-0.05, 0) is 24.6 Å². The lowest BCUT2D eigenvalue weighted by Gasteiger charge is -2.26. The maximum atomic E-state index is 12.2. The largest absolute Gasteiger partial charge is 0.379 e. The number of morpholine rings is 1. The van der Waals surface area contributed by atoms with Gasteiger partial charge in [0.2, 0.25) is 5.91 Å². The van der Waals surface area contributed by atoms with Crippen LogP contribution in [0, 0.1) is 0 Å². The SMILES string of the molecule is O=C(NCCCN1CCOCC1)[C@@H]1Cc2ccccc2N1. The molecule has 0 aliphatic carbocycles. The van der Waals surface area contributed by atoms with Gasteiger partial charge in [0.25, 0.3) is 0 Å². The van der Waals surface area contributed by atoms with Crippen LogP contribution in [0.4, 0.5) is 5.69 Å². The summed E-state index contributed by atoms with van der Waals surface area (Å²) >= 11 is 0. The van der Waals surface area contributed by atoms with E-state index < -0.39 is 0 Å². The first kappa shape index (κ1) is 14.4. The molecule has 1 fully saturated rings. The van der Waals surface area contributed by atoms with Crippen molar-refractivity contribution in [3.05, 3.63) is 29.8 Å². The molecule has 5 heteroatoms. The van der Waals surface area contributed by atoms with E-state index in [1.165, 1.54) is 5.56 Å². The molecule has 1 atom stereocenters. The summed E-state index contributed by atoms with van der Waals surface area (Å²) in [6, 6.07) is 8.00. The van der Waals surface area contributed by atoms with E-state index in [0.717, 1.165) is 57.9 Å². The summed E-state index contributed by atoms with van der Waals surface area (Å²) in [6.07, 6.45) is 1.77. The van der Waals surface area contributed by atoms with Crippen molar-refractivity contribution in [1.82, 2.24) is 10.2 Å². The van der Waals surface area contributed by atoms with Crippen LogP contribution in [0.25, 0.3) is 0 Å². The van der Waals surface area contributed by atoms with Crippen LogP contribution in [0.15, 0.2) is 24.3 Å². The highest BCUT2D eigenvalue weighted by molar-refractivity contribution is 5.87. The van der Waals surface area contributed by atoms with Crippen molar-refractivity contribution in [2.75, 3.05) is 44.7 Å². The minimum absolute atomic E-state index is 0.105. The monoisotopic (exact) mass is 289 g/mol. The van der Waals surface area contributed by atoms with Gasteiger partial charge in [0.05, 0.1) is 13.2 Å². The first-order valence-electron chi connectivity index (χ1n) is 7.75. The van der Waals surface area contributed by atoms with Crippen LogP contribution >= 0.6 is 0 Å². The Bertz CT molecular complexity index is 461. The molecule has 2 aliphatic rings. The third-order valence-corrected chi connectivity index (χ3v) is 4.14. The summed E-state index contributed by atoms with van der Waals surface area (Å²) in [6.45, 7) is 5.45. The Kier molecular flexibility index (Phi) is 4.72. The number of amides is 1. The van der Waals surface area contributed by atoms with Crippen LogP contribution in [0.5, 0.6) is 0 Å². The molecule has 2 aliphatic heterocycles. The van der Waals surface area contributed by atoms with Gasteiger partial charge in [0.1, 0.15) is 6.04 Å². The van der Waals surface area contributed by atoms with Gasteiger partial charge >= 0.3 is 0 Å². The van der Waals surface area contributed by atoms with Gasteiger partial charge in [0.15, 0.2) is 0 Å². The Morgan fingerprint density at radius 3 is 2.95 bits per heavy atom. The van der Waals surface area contributed by atoms with Crippen molar-refractivity contribution in [1.29, 1.82) is 0 Å². The van der Waals surface area contributed by atoms with Crippen LogP contribution in [0.1, 0.15) is 12.0 Å². The molecule has 1 aromatic rings. The van der Waals surface area contributed by atoms with Crippen LogP contribution in [0.2, 0.25) is 0 Å². The van der Waals surface area contributed by atoms with E-state index in [2.05, 4.69) is 21.6 Å². The highest BCUT2D eigenvalue weighted by Crippen LogP contribution is 2.24. The molecule has 1 saturated heterocycles. The van der Waals surface area contributed by atoms with E-state index in [-0.39, 0.29) is 11.9 Å². The molecule has 114 valence electrons. The molecule has 21 heavy (non-hydrogen) atoms. The summed E-state index contributed by atoms with van der Waals surface area (Å²) in [5, 5.41) is 6.33. The Labute approximate surface area is 125 Å². The molecule has 1 aromatic carbocycles. The predicted octanol–water partition coefficient (Wildman–Crippen LogP) is 0.862. The summed E-state index contributed by atoms with van der Waals surface area (Å²) in [5.74, 6) is 0.105. The molecular formula is C16H23N3O2. The predicted molar refractivity (Wildman–Crippen MR) is 82.4 cm³/mol. The van der Waals surface area contributed by atoms with Gasteiger partial charge in [-0.1, -0.05) is 18.2 Å². The maximum Gasteiger partial charge on any atom is 0.242 e. The number of anilines is 1. The average Bonchev–Trinajstić information content (AvgIpc) is 2.96. The maximum absolute atomic E-state index is 12.2. The topological polar surface area (TPSA) is 53.6 Å².